The van der Waals surface area contributed by atoms with Crippen molar-refractivity contribution >= 4 is 16.3 Å². The third-order valence-corrected chi connectivity index (χ3v) is 3.64. The zero-order valence-corrected chi connectivity index (χ0v) is 7.25. The minimum Gasteiger partial charge on any atom is -0.276 e. The summed E-state index contributed by atoms with van der Waals surface area (Å²) in [6.07, 6.45) is 2.14. The molecular weight excluding hydrogens is 164 g/mol. The molecule has 1 aliphatic heterocycles. The molecular formula is C5H12N4OS. The zero-order valence-electron chi connectivity index (χ0n) is 6.43. The molecule has 0 aliphatic carbocycles. The number of rotatable bonds is 1. The minimum atomic E-state index is -2.31. The minimum absolute atomic E-state index is 0.551. The molecule has 11 heavy (non-hydrogen) atoms. The van der Waals surface area contributed by atoms with Crippen molar-refractivity contribution in [2.45, 2.75) is 6.42 Å². The summed E-state index contributed by atoms with van der Waals surface area (Å²) < 4.78 is 16.7. The van der Waals surface area contributed by atoms with Gasteiger partial charge in [-0.3, -0.25) is 10.8 Å². The topological polar surface area (TPSA) is 71.0 Å². The summed E-state index contributed by atoms with van der Waals surface area (Å²) in [6, 6.07) is 0. The van der Waals surface area contributed by atoms with E-state index in [1.807, 2.05) is 0 Å². The van der Waals surface area contributed by atoms with E-state index in [4.69, 9.17) is 5.84 Å². The van der Waals surface area contributed by atoms with Crippen LogP contribution in [0.3, 0.4) is 0 Å². The summed E-state index contributed by atoms with van der Waals surface area (Å²) in [5.41, 5.74) is 0. The van der Waals surface area contributed by atoms with Crippen LogP contribution in [0.5, 0.6) is 0 Å². The van der Waals surface area contributed by atoms with Crippen molar-refractivity contribution < 1.29 is 4.21 Å². The number of aliphatic imine (C=N–C) groups is 1. The molecule has 1 fully saturated rings. The molecule has 0 amide bonds. The lowest BCUT2D eigenvalue weighted by molar-refractivity contribution is 0.495. The van der Waals surface area contributed by atoms with Gasteiger partial charge in [0.25, 0.3) is 0 Å². The third-order valence-electron chi connectivity index (χ3n) is 1.48. The maximum atomic E-state index is 11.6. The molecule has 0 aromatic rings. The van der Waals surface area contributed by atoms with Crippen LogP contribution in [0.25, 0.3) is 0 Å². The first-order valence-corrected chi connectivity index (χ1v) is 5.00. The summed E-state index contributed by atoms with van der Waals surface area (Å²) in [5, 5.41) is 0. The second-order valence-electron chi connectivity index (χ2n) is 2.28. The SMILES string of the molecule is CN=CN=S1(=O)CCCN1N. The molecule has 1 atom stereocenters. The Labute approximate surface area is 66.6 Å². The van der Waals surface area contributed by atoms with Crippen molar-refractivity contribution in [3.05, 3.63) is 0 Å². The van der Waals surface area contributed by atoms with Gasteiger partial charge < -0.3 is 0 Å². The fourth-order valence-electron chi connectivity index (χ4n) is 0.902. The van der Waals surface area contributed by atoms with E-state index in [1.165, 1.54) is 10.8 Å². The van der Waals surface area contributed by atoms with Gasteiger partial charge in [-0.1, -0.05) is 0 Å². The average Bonchev–Trinajstić information content (AvgIpc) is 2.30. The normalized spacial score (nSPS) is 33.3. The van der Waals surface area contributed by atoms with E-state index in [2.05, 4.69) is 9.36 Å². The molecule has 0 aromatic carbocycles. The standard InChI is InChI=1S/C5H12N4OS/c1-7-5-8-11(10)4-2-3-9(11)6/h5H,2-4,6H2,1H3. The van der Waals surface area contributed by atoms with Crippen LogP contribution in [-0.2, 0) is 9.92 Å². The smallest absolute Gasteiger partial charge is 0.129 e. The van der Waals surface area contributed by atoms with E-state index >= 15 is 0 Å². The fraction of sp³-hybridized carbons (Fsp3) is 0.800. The lowest BCUT2D eigenvalue weighted by Crippen LogP contribution is -2.32. The Morgan fingerprint density at radius 1 is 1.73 bits per heavy atom. The first kappa shape index (κ1) is 8.63. The summed E-state index contributed by atoms with van der Waals surface area (Å²) in [7, 11) is -0.722. The molecule has 1 aliphatic rings. The zero-order chi connectivity index (χ0) is 8.32. The monoisotopic (exact) mass is 176 g/mol. The molecule has 2 N–H and O–H groups in total. The predicted molar refractivity (Wildman–Crippen MR) is 45.4 cm³/mol. The van der Waals surface area contributed by atoms with Crippen LogP contribution in [0, 0.1) is 0 Å². The van der Waals surface area contributed by atoms with E-state index in [1.54, 1.807) is 7.05 Å². The lowest BCUT2D eigenvalue weighted by atomic mass is 10.5. The van der Waals surface area contributed by atoms with E-state index in [0.717, 1.165) is 6.42 Å². The van der Waals surface area contributed by atoms with Crippen LogP contribution in [0.1, 0.15) is 6.42 Å². The van der Waals surface area contributed by atoms with Gasteiger partial charge in [0.15, 0.2) is 0 Å². The van der Waals surface area contributed by atoms with E-state index in [0.29, 0.717) is 12.3 Å². The maximum Gasteiger partial charge on any atom is 0.129 e. The Balaban J connectivity index is 2.89. The van der Waals surface area contributed by atoms with Crippen molar-refractivity contribution in [3.8, 4) is 0 Å². The van der Waals surface area contributed by atoms with Crippen LogP contribution in [0.15, 0.2) is 9.36 Å². The van der Waals surface area contributed by atoms with Crippen molar-refractivity contribution in [1.82, 2.24) is 4.41 Å². The van der Waals surface area contributed by atoms with Gasteiger partial charge in [-0.25, -0.2) is 4.21 Å². The van der Waals surface area contributed by atoms with E-state index < -0.39 is 9.92 Å². The number of hydrogen-bond acceptors (Lipinski definition) is 3. The summed E-state index contributed by atoms with van der Waals surface area (Å²) in [6.45, 7) is 0.653. The molecule has 5 nitrogen and oxygen atoms in total. The highest BCUT2D eigenvalue weighted by Crippen LogP contribution is 2.10. The number of nitrogens with zero attached hydrogens (tertiary/aromatic N) is 3. The Bertz CT molecular complexity index is 266. The van der Waals surface area contributed by atoms with Crippen LogP contribution < -0.4 is 5.84 Å². The van der Waals surface area contributed by atoms with Crippen molar-refractivity contribution in [2.24, 2.45) is 15.2 Å². The molecule has 0 radical (unpaired) electrons. The summed E-state index contributed by atoms with van der Waals surface area (Å²) in [5.74, 6) is 6.01. The van der Waals surface area contributed by atoms with Crippen molar-refractivity contribution in [2.75, 3.05) is 19.3 Å². The van der Waals surface area contributed by atoms with Gasteiger partial charge in [0.05, 0.1) is 0 Å². The molecule has 1 saturated heterocycles. The van der Waals surface area contributed by atoms with Gasteiger partial charge in [-0.05, 0) is 6.42 Å². The maximum absolute atomic E-state index is 11.6. The van der Waals surface area contributed by atoms with Gasteiger partial charge in [0.2, 0.25) is 0 Å². The molecule has 1 rings (SSSR count). The van der Waals surface area contributed by atoms with Gasteiger partial charge >= 0.3 is 0 Å². The fourth-order valence-corrected chi connectivity index (χ4v) is 2.52. The van der Waals surface area contributed by atoms with Crippen molar-refractivity contribution in [3.63, 3.8) is 0 Å². The molecule has 1 heterocycles. The number of nitrogens with two attached hydrogens (primary N) is 1. The Hall–Kier alpha value is -0.460. The second kappa shape index (κ2) is 3.29. The highest BCUT2D eigenvalue weighted by Gasteiger charge is 2.22. The summed E-state index contributed by atoms with van der Waals surface area (Å²) in [4.78, 5) is 3.63. The number of hydrogen-bond donors (Lipinski definition) is 1. The van der Waals surface area contributed by atoms with Crippen LogP contribution in [0.4, 0.5) is 0 Å². The van der Waals surface area contributed by atoms with Gasteiger partial charge in [-0.15, -0.1) is 0 Å². The first-order valence-electron chi connectivity index (χ1n) is 3.36. The van der Waals surface area contributed by atoms with Crippen LogP contribution in [0.2, 0.25) is 0 Å². The van der Waals surface area contributed by atoms with Gasteiger partial charge in [0, 0.05) is 19.3 Å². The van der Waals surface area contributed by atoms with E-state index in [9.17, 15) is 4.21 Å². The van der Waals surface area contributed by atoms with Crippen LogP contribution >= 0.6 is 0 Å². The number of hydrazine groups is 1. The molecule has 1 unspecified atom stereocenters. The van der Waals surface area contributed by atoms with E-state index in [-0.39, 0.29) is 0 Å². The Morgan fingerprint density at radius 3 is 2.91 bits per heavy atom. The second-order valence-corrected chi connectivity index (χ2v) is 4.59. The van der Waals surface area contributed by atoms with Crippen LogP contribution in [-0.4, -0.2) is 34.3 Å². The average molecular weight is 176 g/mol. The first-order chi connectivity index (χ1) is 5.19. The van der Waals surface area contributed by atoms with Gasteiger partial charge in [-0.2, -0.15) is 8.78 Å². The van der Waals surface area contributed by atoms with Crippen molar-refractivity contribution in [1.29, 1.82) is 0 Å². The van der Waals surface area contributed by atoms with Gasteiger partial charge in [0.1, 0.15) is 16.3 Å². The molecule has 0 aromatic heterocycles. The third kappa shape index (κ3) is 1.76. The highest BCUT2D eigenvalue weighted by molar-refractivity contribution is 7.91. The molecule has 64 valence electrons. The quantitative estimate of drug-likeness (QED) is 0.335. The molecule has 0 bridgehead atoms. The largest absolute Gasteiger partial charge is 0.276 e. The highest BCUT2D eigenvalue weighted by atomic mass is 32.2. The summed E-state index contributed by atoms with van der Waals surface area (Å²) >= 11 is 0. The molecule has 0 saturated carbocycles. The Morgan fingerprint density at radius 2 is 2.45 bits per heavy atom. The molecule has 0 spiro atoms. The Kier molecular flexibility index (Phi) is 2.58. The molecule has 6 heteroatoms. The lowest BCUT2D eigenvalue weighted by Gasteiger charge is -2.08. The predicted octanol–water partition coefficient (Wildman–Crippen LogP) is -0.393.